The number of rotatable bonds is 3. The number of piperidine rings is 1. The fourth-order valence-electron chi connectivity index (χ4n) is 2.73. The van der Waals surface area contributed by atoms with Crippen LogP contribution in [0.1, 0.15) is 39.0 Å². The first-order valence-electron chi connectivity index (χ1n) is 6.86. The van der Waals surface area contributed by atoms with Crippen LogP contribution in [-0.4, -0.2) is 36.0 Å². The van der Waals surface area contributed by atoms with Gasteiger partial charge in [0.05, 0.1) is 6.61 Å². The second kappa shape index (κ2) is 6.03. The summed E-state index contributed by atoms with van der Waals surface area (Å²) in [7, 11) is 0. The summed E-state index contributed by atoms with van der Waals surface area (Å²) < 4.78 is 5.08. The first-order valence-corrected chi connectivity index (χ1v) is 6.86. The summed E-state index contributed by atoms with van der Waals surface area (Å²) in [5.41, 5.74) is 0. The van der Waals surface area contributed by atoms with E-state index in [0.29, 0.717) is 13.2 Å². The summed E-state index contributed by atoms with van der Waals surface area (Å²) in [6, 6.07) is -0.355. The van der Waals surface area contributed by atoms with Crippen molar-refractivity contribution in [2.75, 3.05) is 13.2 Å². The van der Waals surface area contributed by atoms with Crippen LogP contribution in [0, 0.1) is 5.92 Å². The van der Waals surface area contributed by atoms with Crippen molar-refractivity contribution in [1.82, 2.24) is 4.90 Å². The number of nitrogens with zero attached hydrogens (tertiary/aromatic N) is 1. The highest BCUT2D eigenvalue weighted by molar-refractivity contribution is 5.86. The average molecular weight is 251 g/mol. The van der Waals surface area contributed by atoms with Crippen LogP contribution < -0.4 is 0 Å². The van der Waals surface area contributed by atoms with Crippen LogP contribution in [-0.2, 0) is 14.3 Å². The van der Waals surface area contributed by atoms with Crippen molar-refractivity contribution in [2.45, 2.75) is 45.1 Å². The molecule has 1 aliphatic heterocycles. The molecular weight excluding hydrogens is 230 g/mol. The lowest BCUT2D eigenvalue weighted by Crippen LogP contribution is -2.50. The lowest BCUT2D eigenvalue weighted by molar-refractivity contribution is -0.158. The van der Waals surface area contributed by atoms with E-state index in [-0.39, 0.29) is 23.8 Å². The molecule has 4 heteroatoms. The second-order valence-electron chi connectivity index (χ2n) is 4.93. The third-order valence-corrected chi connectivity index (χ3v) is 3.70. The number of allylic oxidation sites excluding steroid dienone is 2. The lowest BCUT2D eigenvalue weighted by Gasteiger charge is -2.35. The SMILES string of the molecule is CCOC(=O)C1CCCCN1C(=O)C1CC=CC1. The van der Waals surface area contributed by atoms with Crippen LogP contribution in [0.15, 0.2) is 12.2 Å². The van der Waals surface area contributed by atoms with E-state index in [1.807, 2.05) is 12.2 Å². The van der Waals surface area contributed by atoms with Crippen LogP contribution in [0.4, 0.5) is 0 Å². The summed E-state index contributed by atoms with van der Waals surface area (Å²) in [4.78, 5) is 26.0. The average Bonchev–Trinajstić information content (AvgIpc) is 2.92. The van der Waals surface area contributed by atoms with Gasteiger partial charge in [-0.05, 0) is 39.0 Å². The molecule has 4 nitrogen and oxygen atoms in total. The minimum Gasteiger partial charge on any atom is -0.464 e. The molecule has 1 atom stereocenters. The van der Waals surface area contributed by atoms with E-state index in [1.54, 1.807) is 11.8 Å². The quantitative estimate of drug-likeness (QED) is 0.568. The van der Waals surface area contributed by atoms with Gasteiger partial charge in [-0.2, -0.15) is 0 Å². The van der Waals surface area contributed by atoms with Crippen LogP contribution in [0.5, 0.6) is 0 Å². The Morgan fingerprint density at radius 1 is 1.28 bits per heavy atom. The van der Waals surface area contributed by atoms with Gasteiger partial charge in [0.15, 0.2) is 0 Å². The van der Waals surface area contributed by atoms with Gasteiger partial charge < -0.3 is 9.64 Å². The summed E-state index contributed by atoms with van der Waals surface area (Å²) in [5.74, 6) is -0.0747. The third kappa shape index (κ3) is 2.74. The number of carbonyl (C=O) groups excluding carboxylic acids is 2. The van der Waals surface area contributed by atoms with Gasteiger partial charge in [-0.15, -0.1) is 0 Å². The highest BCUT2D eigenvalue weighted by Crippen LogP contribution is 2.25. The number of hydrogen-bond donors (Lipinski definition) is 0. The molecular formula is C14H21NO3. The van der Waals surface area contributed by atoms with E-state index in [9.17, 15) is 9.59 Å². The molecule has 1 amide bonds. The topological polar surface area (TPSA) is 46.6 Å². The van der Waals surface area contributed by atoms with Crippen LogP contribution in [0.3, 0.4) is 0 Å². The monoisotopic (exact) mass is 251 g/mol. The van der Waals surface area contributed by atoms with Gasteiger partial charge in [0.25, 0.3) is 0 Å². The van der Waals surface area contributed by atoms with Crippen LogP contribution in [0.2, 0.25) is 0 Å². The zero-order chi connectivity index (χ0) is 13.0. The molecule has 1 fully saturated rings. The number of likely N-dealkylation sites (tertiary alicyclic amines) is 1. The van der Waals surface area contributed by atoms with Crippen LogP contribution in [0.25, 0.3) is 0 Å². The molecule has 0 saturated carbocycles. The zero-order valence-electron chi connectivity index (χ0n) is 10.9. The first kappa shape index (κ1) is 13.1. The molecule has 18 heavy (non-hydrogen) atoms. The Morgan fingerprint density at radius 3 is 2.67 bits per heavy atom. The van der Waals surface area contributed by atoms with Gasteiger partial charge in [-0.1, -0.05) is 12.2 Å². The standard InChI is InChI=1S/C14H21NO3/c1-2-18-14(17)12-9-5-6-10-15(12)13(16)11-7-3-4-8-11/h3-4,11-12H,2,5-10H2,1H3. The summed E-state index contributed by atoms with van der Waals surface area (Å²) in [6.45, 7) is 2.87. The van der Waals surface area contributed by atoms with Crippen molar-refractivity contribution in [2.24, 2.45) is 5.92 Å². The number of amides is 1. The molecule has 2 aliphatic rings. The Balaban J connectivity index is 2.02. The number of esters is 1. The number of ether oxygens (including phenoxy) is 1. The Hall–Kier alpha value is -1.32. The minimum atomic E-state index is -0.355. The van der Waals surface area contributed by atoms with E-state index in [1.165, 1.54) is 0 Å². The molecule has 0 spiro atoms. The highest BCUT2D eigenvalue weighted by Gasteiger charge is 2.36. The van der Waals surface area contributed by atoms with E-state index < -0.39 is 0 Å². The predicted octanol–water partition coefficient (Wildman–Crippen LogP) is 1.90. The molecule has 0 N–H and O–H groups in total. The van der Waals surface area contributed by atoms with E-state index in [4.69, 9.17) is 4.74 Å². The lowest BCUT2D eigenvalue weighted by atomic mass is 9.98. The Kier molecular flexibility index (Phi) is 4.39. The zero-order valence-corrected chi connectivity index (χ0v) is 10.9. The third-order valence-electron chi connectivity index (χ3n) is 3.70. The van der Waals surface area contributed by atoms with E-state index in [0.717, 1.165) is 32.1 Å². The summed E-state index contributed by atoms with van der Waals surface area (Å²) in [6.07, 6.45) is 8.44. The van der Waals surface area contributed by atoms with Gasteiger partial charge in [0, 0.05) is 12.5 Å². The van der Waals surface area contributed by atoms with Gasteiger partial charge in [0.1, 0.15) is 6.04 Å². The van der Waals surface area contributed by atoms with Crippen LogP contribution >= 0.6 is 0 Å². The van der Waals surface area contributed by atoms with Gasteiger partial charge in [-0.3, -0.25) is 4.79 Å². The van der Waals surface area contributed by atoms with Crippen molar-refractivity contribution >= 4 is 11.9 Å². The predicted molar refractivity (Wildman–Crippen MR) is 67.8 cm³/mol. The summed E-state index contributed by atoms with van der Waals surface area (Å²) >= 11 is 0. The number of hydrogen-bond acceptors (Lipinski definition) is 3. The smallest absolute Gasteiger partial charge is 0.328 e. The maximum absolute atomic E-state index is 12.4. The highest BCUT2D eigenvalue weighted by atomic mass is 16.5. The van der Waals surface area contributed by atoms with E-state index >= 15 is 0 Å². The fraction of sp³-hybridized carbons (Fsp3) is 0.714. The molecule has 0 aromatic heterocycles. The molecule has 0 radical (unpaired) electrons. The first-order chi connectivity index (χ1) is 8.74. The molecule has 0 aromatic carbocycles. The maximum atomic E-state index is 12.4. The van der Waals surface area contributed by atoms with Crippen molar-refractivity contribution in [3.63, 3.8) is 0 Å². The second-order valence-corrected chi connectivity index (χ2v) is 4.93. The minimum absolute atomic E-state index is 0.0417. The van der Waals surface area contributed by atoms with Crippen molar-refractivity contribution < 1.29 is 14.3 Å². The van der Waals surface area contributed by atoms with Crippen molar-refractivity contribution in [3.05, 3.63) is 12.2 Å². The van der Waals surface area contributed by atoms with Gasteiger partial charge in [0.2, 0.25) is 5.91 Å². The van der Waals surface area contributed by atoms with Crippen molar-refractivity contribution in [3.8, 4) is 0 Å². The molecule has 2 rings (SSSR count). The van der Waals surface area contributed by atoms with Crippen molar-refractivity contribution in [1.29, 1.82) is 0 Å². The maximum Gasteiger partial charge on any atom is 0.328 e. The fourth-order valence-corrected chi connectivity index (χ4v) is 2.73. The molecule has 1 aliphatic carbocycles. The Labute approximate surface area is 108 Å². The van der Waals surface area contributed by atoms with E-state index in [2.05, 4.69) is 0 Å². The Morgan fingerprint density at radius 2 is 2.00 bits per heavy atom. The van der Waals surface area contributed by atoms with Gasteiger partial charge >= 0.3 is 5.97 Å². The number of carbonyl (C=O) groups is 2. The van der Waals surface area contributed by atoms with Gasteiger partial charge in [-0.25, -0.2) is 4.79 Å². The largest absolute Gasteiger partial charge is 0.464 e. The molecule has 1 saturated heterocycles. The summed E-state index contributed by atoms with van der Waals surface area (Å²) in [5, 5.41) is 0. The molecule has 0 aromatic rings. The molecule has 0 bridgehead atoms. The molecule has 1 unspecified atom stereocenters. The molecule has 1 heterocycles. The normalized spacial score (nSPS) is 24.3. The molecule has 100 valence electrons. The Bertz CT molecular complexity index is 343.